The normalized spacial score (nSPS) is 15.2. The van der Waals surface area contributed by atoms with Gasteiger partial charge in [-0.2, -0.15) is 0 Å². The molecule has 0 aromatic carbocycles. The predicted molar refractivity (Wildman–Crippen MR) is 193 cm³/mol. The van der Waals surface area contributed by atoms with E-state index >= 15 is 0 Å². The van der Waals surface area contributed by atoms with Crippen LogP contribution in [0.25, 0.3) is 0 Å². The lowest BCUT2D eigenvalue weighted by Gasteiger charge is -2.34. The smallest absolute Gasteiger partial charge is 0.253 e. The Morgan fingerprint density at radius 1 is 0.500 bits per heavy atom. The van der Waals surface area contributed by atoms with Crippen LogP contribution in [0, 0.1) is 0 Å². The number of hydrogen-bond acceptors (Lipinski definition) is 13. The molecule has 10 amide bonds. The van der Waals surface area contributed by atoms with E-state index in [0.717, 1.165) is 51.2 Å². The molecule has 20 nitrogen and oxygen atoms in total. The van der Waals surface area contributed by atoms with Crippen LogP contribution in [-0.4, -0.2) is 163 Å². The van der Waals surface area contributed by atoms with E-state index in [-0.39, 0.29) is 103 Å². The lowest BCUT2D eigenvalue weighted by molar-refractivity contribution is -0.138. The highest BCUT2D eigenvalue weighted by Gasteiger charge is 2.34. The fourth-order valence-electron chi connectivity index (χ4n) is 5.00. The van der Waals surface area contributed by atoms with E-state index in [1.165, 1.54) is 0 Å². The summed E-state index contributed by atoms with van der Waals surface area (Å²) in [5.74, 6) is -4.47. The number of alkyl halides is 1. The lowest BCUT2D eigenvalue weighted by Crippen LogP contribution is -2.59. The minimum atomic E-state index is -1.33. The summed E-state index contributed by atoms with van der Waals surface area (Å²) < 4.78 is 17.4. The molecule has 0 radical (unpaired) electrons. The molecule has 0 unspecified atom stereocenters. The Hall–Kier alpha value is -4.87. The van der Waals surface area contributed by atoms with Gasteiger partial charge in [0, 0.05) is 95.0 Å². The SMILES string of the molecule is O=C(CCOCC(COCCC(=O)NCCN1C(=O)C=CC1=O)(COCCC(=O)NCCN1C(=O)C=CC1=O)NC(=O)CI)NCCN1C(=O)C=CC1=O. The number of hydrogen-bond donors (Lipinski definition) is 4. The molecule has 294 valence electrons. The molecule has 4 N–H and O–H groups in total. The zero-order chi connectivity index (χ0) is 39.5. The maximum atomic E-state index is 12.6. The Morgan fingerprint density at radius 2 is 0.778 bits per heavy atom. The van der Waals surface area contributed by atoms with Crippen LogP contribution in [0.4, 0.5) is 0 Å². The molecule has 0 fully saturated rings. The third kappa shape index (κ3) is 14.5. The van der Waals surface area contributed by atoms with Crippen LogP contribution in [0.5, 0.6) is 0 Å². The molecule has 21 heteroatoms. The summed E-state index contributed by atoms with van der Waals surface area (Å²) in [6, 6.07) is 0. The molecule has 0 atom stereocenters. The Labute approximate surface area is 323 Å². The van der Waals surface area contributed by atoms with Crippen LogP contribution >= 0.6 is 22.6 Å². The number of nitrogens with one attached hydrogen (secondary N) is 4. The number of rotatable bonds is 26. The highest BCUT2D eigenvalue weighted by atomic mass is 127. The van der Waals surface area contributed by atoms with Crippen molar-refractivity contribution in [2.45, 2.75) is 24.8 Å². The fraction of sp³-hybridized carbons (Fsp3) is 0.515. The van der Waals surface area contributed by atoms with Gasteiger partial charge in [-0.05, 0) is 0 Å². The predicted octanol–water partition coefficient (Wildman–Crippen LogP) is -3.38. The van der Waals surface area contributed by atoms with Gasteiger partial charge in [0.05, 0.1) is 44.1 Å². The molecule has 0 saturated heterocycles. The Bertz CT molecular complexity index is 1350. The molecule has 0 aliphatic carbocycles. The second kappa shape index (κ2) is 22.4. The van der Waals surface area contributed by atoms with Crippen molar-refractivity contribution < 1.29 is 62.2 Å². The third-order valence-electron chi connectivity index (χ3n) is 7.76. The second-order valence-electron chi connectivity index (χ2n) is 11.9. The van der Waals surface area contributed by atoms with Crippen LogP contribution in [0.2, 0.25) is 0 Å². The number of halogens is 1. The minimum absolute atomic E-state index is 0.00200. The number of imide groups is 3. The summed E-state index contributed by atoms with van der Waals surface area (Å²) in [7, 11) is 0. The molecule has 0 saturated carbocycles. The van der Waals surface area contributed by atoms with Gasteiger partial charge in [0.2, 0.25) is 23.6 Å². The van der Waals surface area contributed by atoms with Crippen molar-refractivity contribution >= 4 is 81.7 Å². The molecule has 3 aliphatic heterocycles. The van der Waals surface area contributed by atoms with Crippen molar-refractivity contribution in [2.24, 2.45) is 0 Å². The van der Waals surface area contributed by atoms with Gasteiger partial charge in [-0.3, -0.25) is 62.6 Å². The molecule has 0 bridgehead atoms. The minimum Gasteiger partial charge on any atom is -0.378 e. The second-order valence-corrected chi connectivity index (χ2v) is 12.7. The summed E-state index contributed by atoms with van der Waals surface area (Å²) in [5.41, 5.74) is -1.33. The number of ether oxygens (including phenoxy) is 3. The van der Waals surface area contributed by atoms with Gasteiger partial charge >= 0.3 is 0 Å². The first kappa shape index (κ1) is 43.5. The summed E-state index contributed by atoms with van der Waals surface area (Å²) in [6.45, 7) is -0.822. The maximum absolute atomic E-state index is 12.6. The van der Waals surface area contributed by atoms with Crippen molar-refractivity contribution in [3.05, 3.63) is 36.5 Å². The quantitative estimate of drug-likeness (QED) is 0.0287. The number of carbonyl (C=O) groups is 10. The average molecular weight is 872 g/mol. The molecular weight excluding hydrogens is 829 g/mol. The van der Waals surface area contributed by atoms with Gasteiger partial charge in [0.25, 0.3) is 35.4 Å². The van der Waals surface area contributed by atoms with E-state index in [1.807, 2.05) is 22.6 Å². The third-order valence-corrected chi connectivity index (χ3v) is 8.45. The van der Waals surface area contributed by atoms with Crippen molar-refractivity contribution in [3.63, 3.8) is 0 Å². The first-order valence-electron chi connectivity index (χ1n) is 16.8. The standard InChI is InChI=1S/C33H42IN7O13/c34-19-26(45)38-33(20-52-16-7-23(42)35-10-13-39-27(46)1-2-28(39)47,21-53-17-8-24(43)36-11-14-40-29(48)3-4-30(40)49)22-54-18-9-25(44)37-12-15-41-31(50)5-6-32(41)51/h1-6H,7-22H2,(H,35,42)(H,36,43)(H,37,44)(H,38,45). The molecular formula is C33H42IN7O13. The van der Waals surface area contributed by atoms with E-state index in [0.29, 0.717) is 0 Å². The summed E-state index contributed by atoms with van der Waals surface area (Å²) in [4.78, 5) is 123. The van der Waals surface area contributed by atoms with Gasteiger partial charge in [-0.1, -0.05) is 22.6 Å². The van der Waals surface area contributed by atoms with Gasteiger partial charge in [0.15, 0.2) is 0 Å². The largest absolute Gasteiger partial charge is 0.378 e. The van der Waals surface area contributed by atoms with Crippen LogP contribution in [-0.2, 0) is 62.2 Å². The van der Waals surface area contributed by atoms with Crippen LogP contribution in [0.15, 0.2) is 36.5 Å². The van der Waals surface area contributed by atoms with E-state index in [9.17, 15) is 47.9 Å². The highest BCUT2D eigenvalue weighted by molar-refractivity contribution is 14.1. The van der Waals surface area contributed by atoms with Crippen LogP contribution in [0.3, 0.4) is 0 Å². The van der Waals surface area contributed by atoms with E-state index in [1.54, 1.807) is 0 Å². The molecule has 54 heavy (non-hydrogen) atoms. The summed E-state index contributed by atoms with van der Waals surface area (Å²) in [5, 5.41) is 10.6. The molecule has 0 spiro atoms. The van der Waals surface area contributed by atoms with E-state index in [2.05, 4.69) is 21.3 Å². The maximum Gasteiger partial charge on any atom is 0.253 e. The topological polar surface area (TPSA) is 256 Å². The van der Waals surface area contributed by atoms with Crippen LogP contribution in [0.1, 0.15) is 19.3 Å². The molecule has 3 heterocycles. The number of nitrogens with zero attached hydrogens (tertiary/aromatic N) is 3. The van der Waals surface area contributed by atoms with Crippen molar-refractivity contribution in [1.29, 1.82) is 0 Å². The van der Waals surface area contributed by atoms with Gasteiger partial charge < -0.3 is 35.5 Å². The van der Waals surface area contributed by atoms with E-state index < -0.39 is 64.6 Å². The van der Waals surface area contributed by atoms with Crippen LogP contribution < -0.4 is 21.3 Å². The first-order chi connectivity index (χ1) is 25.8. The fourth-order valence-corrected chi connectivity index (χ4v) is 5.19. The van der Waals surface area contributed by atoms with Crippen molar-refractivity contribution in [2.75, 3.05) is 83.3 Å². The summed E-state index contributed by atoms with van der Waals surface area (Å²) >= 11 is 1.86. The highest BCUT2D eigenvalue weighted by Crippen LogP contribution is 2.11. The van der Waals surface area contributed by atoms with Crippen molar-refractivity contribution in [1.82, 2.24) is 36.0 Å². The van der Waals surface area contributed by atoms with Gasteiger partial charge in [-0.25, -0.2) is 0 Å². The Morgan fingerprint density at radius 3 is 1.04 bits per heavy atom. The molecule has 0 aromatic heterocycles. The first-order valence-corrected chi connectivity index (χ1v) is 18.4. The van der Waals surface area contributed by atoms with Gasteiger partial charge in [0.1, 0.15) is 5.54 Å². The number of amides is 10. The average Bonchev–Trinajstić information content (AvgIpc) is 3.76. The zero-order valence-electron chi connectivity index (χ0n) is 29.3. The monoisotopic (exact) mass is 871 g/mol. The molecule has 3 aliphatic rings. The summed E-state index contributed by atoms with van der Waals surface area (Å²) in [6.07, 6.45) is 6.55. The Kier molecular flexibility index (Phi) is 18.0. The van der Waals surface area contributed by atoms with E-state index in [4.69, 9.17) is 14.2 Å². The van der Waals surface area contributed by atoms with Gasteiger partial charge in [-0.15, -0.1) is 0 Å². The lowest BCUT2D eigenvalue weighted by atomic mass is 10.0. The zero-order valence-corrected chi connectivity index (χ0v) is 31.5. The Balaban J connectivity index is 1.49. The molecule has 0 aromatic rings. The molecule has 3 rings (SSSR count). The van der Waals surface area contributed by atoms with Crippen molar-refractivity contribution in [3.8, 4) is 0 Å². The number of carbonyl (C=O) groups excluding carboxylic acids is 10.